The predicted molar refractivity (Wildman–Crippen MR) is 71.3 cm³/mol. The predicted octanol–water partition coefficient (Wildman–Crippen LogP) is 1.53. The van der Waals surface area contributed by atoms with Crippen LogP contribution in [0.1, 0.15) is 12.8 Å². The van der Waals surface area contributed by atoms with Crippen molar-refractivity contribution in [3.63, 3.8) is 0 Å². The van der Waals surface area contributed by atoms with E-state index in [2.05, 4.69) is 28.1 Å². The molecule has 0 saturated carbocycles. The Hall–Kier alpha value is -1.81. The number of carbonyl (C=O) groups excluding carboxylic acids is 1. The smallest absolute Gasteiger partial charge is 0.221 e. The molecule has 4 nitrogen and oxygen atoms in total. The van der Waals surface area contributed by atoms with E-state index in [1.165, 1.54) is 5.39 Å². The van der Waals surface area contributed by atoms with E-state index < -0.39 is 0 Å². The first-order chi connectivity index (χ1) is 8.81. The van der Waals surface area contributed by atoms with Crippen molar-refractivity contribution in [1.82, 2.24) is 9.88 Å². The Morgan fingerprint density at radius 3 is 2.94 bits per heavy atom. The van der Waals surface area contributed by atoms with Gasteiger partial charge in [0.25, 0.3) is 0 Å². The minimum Gasteiger partial charge on any atom is -0.396 e. The highest BCUT2D eigenvalue weighted by Gasteiger charge is 2.03. The molecule has 4 heteroatoms. The summed E-state index contributed by atoms with van der Waals surface area (Å²) in [6.45, 7) is 1.34. The van der Waals surface area contributed by atoms with Crippen LogP contribution in [-0.4, -0.2) is 28.7 Å². The van der Waals surface area contributed by atoms with Crippen molar-refractivity contribution in [3.8, 4) is 0 Å². The Morgan fingerprint density at radius 1 is 1.28 bits per heavy atom. The Labute approximate surface area is 106 Å². The number of aliphatic hydroxyl groups excluding tert-OH is 1. The van der Waals surface area contributed by atoms with Gasteiger partial charge >= 0.3 is 0 Å². The molecule has 0 aliphatic carbocycles. The van der Waals surface area contributed by atoms with Crippen molar-refractivity contribution in [2.24, 2.45) is 0 Å². The fraction of sp³-hybridized carbons (Fsp3) is 0.357. The fourth-order valence-electron chi connectivity index (χ4n) is 1.95. The third-order valence-electron chi connectivity index (χ3n) is 2.92. The zero-order valence-electron chi connectivity index (χ0n) is 10.3. The average Bonchev–Trinajstić information content (AvgIpc) is 2.80. The first-order valence-electron chi connectivity index (χ1n) is 6.22. The number of aliphatic hydroxyl groups is 1. The van der Waals surface area contributed by atoms with Gasteiger partial charge in [-0.1, -0.05) is 18.2 Å². The largest absolute Gasteiger partial charge is 0.396 e. The van der Waals surface area contributed by atoms with E-state index in [0.717, 1.165) is 5.52 Å². The number of fused-ring (bicyclic) bond motifs is 1. The second-order valence-corrected chi connectivity index (χ2v) is 4.25. The average molecular weight is 246 g/mol. The van der Waals surface area contributed by atoms with Crippen molar-refractivity contribution >= 4 is 16.8 Å². The molecule has 0 aliphatic rings. The second kappa shape index (κ2) is 6.21. The van der Waals surface area contributed by atoms with Crippen LogP contribution in [0.3, 0.4) is 0 Å². The van der Waals surface area contributed by atoms with Crippen molar-refractivity contribution in [2.45, 2.75) is 19.4 Å². The minimum atomic E-state index is 0.0289. The summed E-state index contributed by atoms with van der Waals surface area (Å²) >= 11 is 0. The van der Waals surface area contributed by atoms with Gasteiger partial charge in [-0.3, -0.25) is 4.79 Å². The molecule has 2 rings (SSSR count). The van der Waals surface area contributed by atoms with Gasteiger partial charge in [-0.15, -0.1) is 0 Å². The lowest BCUT2D eigenvalue weighted by Crippen LogP contribution is -2.25. The molecule has 0 bridgehead atoms. The number of hydrogen-bond acceptors (Lipinski definition) is 2. The van der Waals surface area contributed by atoms with E-state index in [1.807, 2.05) is 18.3 Å². The normalized spacial score (nSPS) is 10.7. The van der Waals surface area contributed by atoms with Crippen LogP contribution >= 0.6 is 0 Å². The van der Waals surface area contributed by atoms with Crippen LogP contribution in [0, 0.1) is 0 Å². The van der Waals surface area contributed by atoms with Crippen LogP contribution in [0.5, 0.6) is 0 Å². The maximum atomic E-state index is 11.5. The number of rotatable bonds is 6. The van der Waals surface area contributed by atoms with Gasteiger partial charge < -0.3 is 15.0 Å². The SMILES string of the molecule is O=C(CCn1ccc2ccccc21)NCCCO. The highest BCUT2D eigenvalue weighted by atomic mass is 16.3. The molecular weight excluding hydrogens is 228 g/mol. The molecule has 2 aromatic rings. The van der Waals surface area contributed by atoms with E-state index in [0.29, 0.717) is 25.9 Å². The van der Waals surface area contributed by atoms with Gasteiger partial charge in [0.1, 0.15) is 0 Å². The van der Waals surface area contributed by atoms with Gasteiger partial charge in [0.2, 0.25) is 5.91 Å². The third kappa shape index (κ3) is 3.11. The molecule has 0 saturated heterocycles. The number of amides is 1. The summed E-state index contributed by atoms with van der Waals surface area (Å²) in [5.74, 6) is 0.0289. The van der Waals surface area contributed by atoms with Gasteiger partial charge in [-0.05, 0) is 23.9 Å². The molecule has 1 aromatic carbocycles. The Morgan fingerprint density at radius 2 is 2.11 bits per heavy atom. The topological polar surface area (TPSA) is 54.3 Å². The summed E-state index contributed by atoms with van der Waals surface area (Å²) in [5, 5.41) is 12.6. The lowest BCUT2D eigenvalue weighted by molar-refractivity contribution is -0.121. The number of hydrogen-bond donors (Lipinski definition) is 2. The second-order valence-electron chi connectivity index (χ2n) is 4.25. The first-order valence-corrected chi connectivity index (χ1v) is 6.22. The maximum Gasteiger partial charge on any atom is 0.221 e. The van der Waals surface area contributed by atoms with Gasteiger partial charge in [0.05, 0.1) is 0 Å². The van der Waals surface area contributed by atoms with E-state index in [4.69, 9.17) is 5.11 Å². The molecule has 1 aromatic heterocycles. The van der Waals surface area contributed by atoms with Crippen molar-refractivity contribution in [3.05, 3.63) is 36.5 Å². The molecule has 2 N–H and O–H groups in total. The van der Waals surface area contributed by atoms with Crippen molar-refractivity contribution in [1.29, 1.82) is 0 Å². The van der Waals surface area contributed by atoms with Crippen LogP contribution < -0.4 is 5.32 Å². The van der Waals surface area contributed by atoms with Gasteiger partial charge in [-0.2, -0.15) is 0 Å². The standard InChI is InChI=1S/C14H18N2O2/c17-11-3-8-15-14(18)7-10-16-9-6-12-4-1-2-5-13(12)16/h1-2,4-6,9,17H,3,7-8,10-11H2,(H,15,18). The lowest BCUT2D eigenvalue weighted by Gasteiger charge is -2.06. The Balaban J connectivity index is 1.88. The molecular formula is C14H18N2O2. The molecule has 0 fully saturated rings. The maximum absolute atomic E-state index is 11.5. The van der Waals surface area contributed by atoms with E-state index in [-0.39, 0.29) is 12.5 Å². The molecule has 0 radical (unpaired) electrons. The first kappa shape index (κ1) is 12.6. The summed E-state index contributed by atoms with van der Waals surface area (Å²) < 4.78 is 2.08. The lowest BCUT2D eigenvalue weighted by atomic mass is 10.2. The van der Waals surface area contributed by atoms with Gasteiger partial charge in [-0.25, -0.2) is 0 Å². The zero-order valence-corrected chi connectivity index (χ0v) is 10.3. The molecule has 96 valence electrons. The summed E-state index contributed by atoms with van der Waals surface area (Å²) in [7, 11) is 0. The van der Waals surface area contributed by atoms with Crippen molar-refractivity contribution in [2.75, 3.05) is 13.2 Å². The molecule has 0 unspecified atom stereocenters. The number of carbonyl (C=O) groups is 1. The minimum absolute atomic E-state index is 0.0289. The van der Waals surface area contributed by atoms with E-state index in [1.54, 1.807) is 0 Å². The molecule has 18 heavy (non-hydrogen) atoms. The molecule has 1 heterocycles. The number of nitrogens with one attached hydrogen (secondary N) is 1. The highest BCUT2D eigenvalue weighted by Crippen LogP contribution is 2.15. The number of aromatic nitrogens is 1. The van der Waals surface area contributed by atoms with Crippen LogP contribution in [0.25, 0.3) is 10.9 Å². The third-order valence-corrected chi connectivity index (χ3v) is 2.92. The monoisotopic (exact) mass is 246 g/mol. The summed E-state index contributed by atoms with van der Waals surface area (Å²) in [5.41, 5.74) is 1.15. The van der Waals surface area contributed by atoms with E-state index >= 15 is 0 Å². The van der Waals surface area contributed by atoms with Gasteiger partial charge in [0.15, 0.2) is 0 Å². The number of para-hydroxylation sites is 1. The van der Waals surface area contributed by atoms with E-state index in [9.17, 15) is 4.79 Å². The summed E-state index contributed by atoms with van der Waals surface area (Å²) in [6.07, 6.45) is 3.08. The van der Waals surface area contributed by atoms with Crippen LogP contribution in [0.15, 0.2) is 36.5 Å². The summed E-state index contributed by atoms with van der Waals surface area (Å²) in [6, 6.07) is 10.2. The van der Waals surface area contributed by atoms with Gasteiger partial charge in [0, 0.05) is 37.8 Å². The number of benzene rings is 1. The quantitative estimate of drug-likeness (QED) is 0.759. The molecule has 1 amide bonds. The van der Waals surface area contributed by atoms with Crippen LogP contribution in [-0.2, 0) is 11.3 Å². The highest BCUT2D eigenvalue weighted by molar-refractivity contribution is 5.80. The molecule has 0 atom stereocenters. The van der Waals surface area contributed by atoms with Crippen molar-refractivity contribution < 1.29 is 9.90 Å². The zero-order chi connectivity index (χ0) is 12.8. The molecule has 0 spiro atoms. The molecule has 0 aliphatic heterocycles. The Kier molecular flexibility index (Phi) is 4.36. The Bertz CT molecular complexity index is 519. The fourth-order valence-corrected chi connectivity index (χ4v) is 1.95. The number of aryl methyl sites for hydroxylation is 1. The number of nitrogens with zero attached hydrogens (tertiary/aromatic N) is 1. The van der Waals surface area contributed by atoms with Crippen LogP contribution in [0.4, 0.5) is 0 Å². The summed E-state index contributed by atoms with van der Waals surface area (Å²) in [4.78, 5) is 11.5. The van der Waals surface area contributed by atoms with Crippen LogP contribution in [0.2, 0.25) is 0 Å².